The molecule has 0 aliphatic carbocycles. The summed E-state index contributed by atoms with van der Waals surface area (Å²) in [6, 6.07) is 1.95. The summed E-state index contributed by atoms with van der Waals surface area (Å²) in [5.74, 6) is 0. The van der Waals surface area contributed by atoms with Gasteiger partial charge in [-0.25, -0.2) is 0 Å². The van der Waals surface area contributed by atoms with Crippen LogP contribution in [0, 0.1) is 6.92 Å². The Labute approximate surface area is 84.2 Å². The molecule has 0 fully saturated rings. The highest BCUT2D eigenvalue weighted by Gasteiger charge is 2.04. The van der Waals surface area contributed by atoms with Gasteiger partial charge in [0.15, 0.2) is 0 Å². The number of rotatable bonds is 2. The number of nitrogens with zero attached hydrogens (tertiary/aromatic N) is 4. The second-order valence-electron chi connectivity index (χ2n) is 2.58. The molecule has 0 aliphatic rings. The summed E-state index contributed by atoms with van der Waals surface area (Å²) in [6.45, 7) is 2.64. The first-order chi connectivity index (χ1) is 6.25. The summed E-state index contributed by atoms with van der Waals surface area (Å²) < 4.78 is 2.33. The Morgan fingerprint density at radius 3 is 2.92 bits per heavy atom. The zero-order chi connectivity index (χ0) is 9.26. The molecule has 0 unspecified atom stereocenters. The fourth-order valence-corrected chi connectivity index (χ4v) is 1.84. The van der Waals surface area contributed by atoms with Gasteiger partial charge in [0.25, 0.3) is 0 Å². The van der Waals surface area contributed by atoms with Gasteiger partial charge < -0.3 is 0 Å². The van der Waals surface area contributed by atoms with Crippen LogP contribution >= 0.6 is 22.9 Å². The van der Waals surface area contributed by atoms with Crippen LogP contribution in [0.4, 0.5) is 0 Å². The van der Waals surface area contributed by atoms with Crippen LogP contribution in [0.1, 0.15) is 10.7 Å². The molecule has 68 valence electrons. The minimum Gasteiger partial charge on any atom is -0.263 e. The summed E-state index contributed by atoms with van der Waals surface area (Å²) in [4.78, 5) is 0. The Bertz CT molecular complexity index is 408. The second-order valence-corrected chi connectivity index (χ2v) is 4.22. The van der Waals surface area contributed by atoms with Crippen molar-refractivity contribution in [2.45, 2.75) is 13.5 Å². The SMILES string of the molecule is Cc1ccnn1Cc1nnc(Cl)s1. The molecule has 4 nitrogen and oxygen atoms in total. The third-order valence-electron chi connectivity index (χ3n) is 1.66. The molecule has 0 spiro atoms. The van der Waals surface area contributed by atoms with E-state index in [9.17, 15) is 0 Å². The predicted molar refractivity (Wildman–Crippen MR) is 51.0 cm³/mol. The van der Waals surface area contributed by atoms with Crippen LogP contribution in [-0.4, -0.2) is 20.0 Å². The average Bonchev–Trinajstić information content (AvgIpc) is 2.64. The maximum Gasteiger partial charge on any atom is 0.207 e. The van der Waals surface area contributed by atoms with Gasteiger partial charge in [-0.3, -0.25) is 4.68 Å². The van der Waals surface area contributed by atoms with Crippen LogP contribution in [0.2, 0.25) is 4.47 Å². The third-order valence-corrected chi connectivity index (χ3v) is 2.66. The number of aromatic nitrogens is 4. The average molecular weight is 215 g/mol. The van der Waals surface area contributed by atoms with Crippen molar-refractivity contribution in [1.29, 1.82) is 0 Å². The van der Waals surface area contributed by atoms with Crippen molar-refractivity contribution in [3.8, 4) is 0 Å². The Morgan fingerprint density at radius 1 is 1.54 bits per heavy atom. The zero-order valence-corrected chi connectivity index (χ0v) is 8.51. The summed E-state index contributed by atoms with van der Waals surface area (Å²) in [6.07, 6.45) is 1.76. The molecule has 13 heavy (non-hydrogen) atoms. The standard InChI is InChI=1S/C7H7ClN4S/c1-5-2-3-9-12(5)4-6-10-11-7(8)13-6/h2-3H,4H2,1H3. The molecule has 0 radical (unpaired) electrons. The van der Waals surface area contributed by atoms with Gasteiger partial charge in [0.05, 0.1) is 6.54 Å². The van der Waals surface area contributed by atoms with Crippen LogP contribution < -0.4 is 0 Å². The summed E-state index contributed by atoms with van der Waals surface area (Å²) in [7, 11) is 0. The molecule has 2 rings (SSSR count). The van der Waals surface area contributed by atoms with E-state index in [0.717, 1.165) is 10.7 Å². The molecule has 2 aromatic rings. The molecular formula is C7H7ClN4S. The monoisotopic (exact) mass is 214 g/mol. The quantitative estimate of drug-likeness (QED) is 0.765. The first-order valence-electron chi connectivity index (χ1n) is 3.72. The van der Waals surface area contributed by atoms with Crippen LogP contribution in [0.3, 0.4) is 0 Å². The minimum absolute atomic E-state index is 0.472. The van der Waals surface area contributed by atoms with Crippen molar-refractivity contribution in [2.75, 3.05) is 0 Å². The molecule has 2 aromatic heterocycles. The molecule has 0 amide bonds. The van der Waals surface area contributed by atoms with Crippen molar-refractivity contribution in [2.24, 2.45) is 0 Å². The lowest BCUT2D eigenvalue weighted by Crippen LogP contribution is -2.02. The van der Waals surface area contributed by atoms with Crippen LogP contribution in [-0.2, 0) is 6.54 Å². The zero-order valence-electron chi connectivity index (χ0n) is 6.94. The highest BCUT2D eigenvalue weighted by molar-refractivity contribution is 7.15. The van der Waals surface area contributed by atoms with E-state index in [1.807, 2.05) is 17.7 Å². The maximum atomic E-state index is 5.66. The first-order valence-corrected chi connectivity index (χ1v) is 4.91. The molecule has 6 heteroatoms. The Morgan fingerprint density at radius 2 is 2.38 bits per heavy atom. The van der Waals surface area contributed by atoms with E-state index < -0.39 is 0 Å². The first kappa shape index (κ1) is 8.65. The molecule has 0 bridgehead atoms. The lowest BCUT2D eigenvalue weighted by atomic mass is 10.5. The van der Waals surface area contributed by atoms with Gasteiger partial charge in [-0.2, -0.15) is 5.10 Å². The van der Waals surface area contributed by atoms with Crippen molar-refractivity contribution in [3.63, 3.8) is 0 Å². The highest BCUT2D eigenvalue weighted by Crippen LogP contribution is 2.15. The molecule has 0 aromatic carbocycles. The number of hydrogen-bond donors (Lipinski definition) is 0. The lowest BCUT2D eigenvalue weighted by Gasteiger charge is -1.98. The van der Waals surface area contributed by atoms with E-state index in [-0.39, 0.29) is 0 Å². The Hall–Kier alpha value is -0.940. The van der Waals surface area contributed by atoms with Crippen molar-refractivity contribution < 1.29 is 0 Å². The van der Waals surface area contributed by atoms with E-state index in [0.29, 0.717) is 11.0 Å². The normalized spacial score (nSPS) is 10.6. The molecule has 0 saturated heterocycles. The van der Waals surface area contributed by atoms with Gasteiger partial charge in [0.2, 0.25) is 4.47 Å². The van der Waals surface area contributed by atoms with Gasteiger partial charge in [0.1, 0.15) is 5.01 Å². The predicted octanol–water partition coefficient (Wildman–Crippen LogP) is 1.74. The second kappa shape index (κ2) is 3.43. The van der Waals surface area contributed by atoms with Crippen molar-refractivity contribution in [3.05, 3.63) is 27.4 Å². The van der Waals surface area contributed by atoms with Gasteiger partial charge >= 0.3 is 0 Å². The Balaban J connectivity index is 2.19. The number of aryl methyl sites for hydroxylation is 1. The highest BCUT2D eigenvalue weighted by atomic mass is 35.5. The smallest absolute Gasteiger partial charge is 0.207 e. The molecule has 2 heterocycles. The number of halogens is 1. The summed E-state index contributed by atoms with van der Waals surface area (Å²) >= 11 is 7.03. The van der Waals surface area contributed by atoms with E-state index in [1.54, 1.807) is 6.20 Å². The maximum absolute atomic E-state index is 5.66. The fraction of sp³-hybridized carbons (Fsp3) is 0.286. The van der Waals surface area contributed by atoms with E-state index >= 15 is 0 Å². The number of hydrogen-bond acceptors (Lipinski definition) is 4. The topological polar surface area (TPSA) is 43.6 Å². The molecule has 0 atom stereocenters. The van der Waals surface area contributed by atoms with Crippen LogP contribution in [0.25, 0.3) is 0 Å². The van der Waals surface area contributed by atoms with E-state index in [1.165, 1.54) is 11.3 Å². The molecule has 0 aliphatic heterocycles. The van der Waals surface area contributed by atoms with Crippen LogP contribution in [0.5, 0.6) is 0 Å². The van der Waals surface area contributed by atoms with Gasteiger partial charge in [0, 0.05) is 11.9 Å². The molecular weight excluding hydrogens is 208 g/mol. The fourth-order valence-electron chi connectivity index (χ4n) is 0.989. The van der Waals surface area contributed by atoms with E-state index in [4.69, 9.17) is 11.6 Å². The Kier molecular flexibility index (Phi) is 2.28. The summed E-state index contributed by atoms with van der Waals surface area (Å²) in [5.41, 5.74) is 1.10. The van der Waals surface area contributed by atoms with Crippen molar-refractivity contribution >= 4 is 22.9 Å². The van der Waals surface area contributed by atoms with Crippen LogP contribution in [0.15, 0.2) is 12.3 Å². The van der Waals surface area contributed by atoms with Gasteiger partial charge in [-0.15, -0.1) is 10.2 Å². The minimum atomic E-state index is 0.472. The largest absolute Gasteiger partial charge is 0.263 e. The lowest BCUT2D eigenvalue weighted by molar-refractivity contribution is 0.657. The molecule has 0 saturated carbocycles. The summed E-state index contributed by atoms with van der Waals surface area (Å²) in [5, 5.41) is 12.6. The molecule has 0 N–H and O–H groups in total. The van der Waals surface area contributed by atoms with Crippen molar-refractivity contribution in [1.82, 2.24) is 20.0 Å². The van der Waals surface area contributed by atoms with E-state index in [2.05, 4.69) is 15.3 Å². The third kappa shape index (κ3) is 1.87. The van der Waals surface area contributed by atoms with Gasteiger partial charge in [-0.1, -0.05) is 11.3 Å². The van der Waals surface area contributed by atoms with Gasteiger partial charge in [-0.05, 0) is 24.6 Å².